The van der Waals surface area contributed by atoms with Gasteiger partial charge in [-0.15, -0.1) is 0 Å². The summed E-state index contributed by atoms with van der Waals surface area (Å²) in [4.78, 5) is 11.4. The van der Waals surface area contributed by atoms with Gasteiger partial charge in [-0.1, -0.05) is 24.3 Å². The van der Waals surface area contributed by atoms with Crippen LogP contribution < -0.4 is 11.1 Å². The van der Waals surface area contributed by atoms with Crippen LogP contribution in [0.2, 0.25) is 0 Å². The lowest BCUT2D eigenvalue weighted by Crippen LogP contribution is -2.24. The molecule has 0 aliphatic heterocycles. The van der Waals surface area contributed by atoms with Gasteiger partial charge in [0.15, 0.2) is 0 Å². The van der Waals surface area contributed by atoms with E-state index in [-0.39, 0.29) is 42.6 Å². The maximum absolute atomic E-state index is 12.9. The van der Waals surface area contributed by atoms with Crippen LogP contribution in [-0.4, -0.2) is 12.5 Å². The van der Waals surface area contributed by atoms with Crippen molar-refractivity contribution in [2.75, 3.05) is 6.54 Å². The minimum Gasteiger partial charge on any atom is -0.352 e. The van der Waals surface area contributed by atoms with Gasteiger partial charge in [0, 0.05) is 19.5 Å². The Balaban J connectivity index is 2.30. The predicted molar refractivity (Wildman–Crippen MR) is 87.4 cm³/mol. The van der Waals surface area contributed by atoms with Gasteiger partial charge in [0.1, 0.15) is 0 Å². The van der Waals surface area contributed by atoms with Crippen molar-refractivity contribution in [1.29, 1.82) is 0 Å². The molecule has 0 aliphatic carbocycles. The monoisotopic (exact) mass is 390 g/mol. The van der Waals surface area contributed by atoms with E-state index in [4.69, 9.17) is 5.73 Å². The first-order chi connectivity index (χ1) is 12.5. The first-order valence-corrected chi connectivity index (χ1v) is 7.86. The number of amides is 1. The molecule has 0 atom stereocenters. The van der Waals surface area contributed by atoms with Crippen molar-refractivity contribution in [1.82, 2.24) is 5.32 Å². The van der Waals surface area contributed by atoms with E-state index in [1.54, 1.807) is 0 Å². The van der Waals surface area contributed by atoms with Crippen LogP contribution in [0.25, 0.3) is 11.1 Å². The number of nitrogens with two attached hydrogens (primary N) is 1. The highest BCUT2D eigenvalue weighted by atomic mass is 19.4. The molecular formula is C18H16F6N2O. The quantitative estimate of drug-likeness (QED) is 0.746. The van der Waals surface area contributed by atoms with Gasteiger partial charge in [-0.3, -0.25) is 4.79 Å². The fraction of sp³-hybridized carbons (Fsp3) is 0.278. The molecule has 146 valence electrons. The molecule has 0 spiro atoms. The summed E-state index contributed by atoms with van der Waals surface area (Å²) in [6.07, 6.45) is -9.64. The van der Waals surface area contributed by atoms with Gasteiger partial charge in [0.2, 0.25) is 5.91 Å². The molecule has 0 aliphatic rings. The standard InChI is InChI=1S/C18H16F6N2O/c19-17(20,21)14-7-13(8-15(9-14)18(22,23)24)12-3-1-11(2-4-12)10-26-16(27)5-6-25/h1-4,7-9H,5-6,10,25H2,(H,26,27). The van der Waals surface area contributed by atoms with Gasteiger partial charge in [0.25, 0.3) is 0 Å². The number of carbonyl (C=O) groups excluding carboxylic acids is 1. The molecule has 3 nitrogen and oxygen atoms in total. The molecule has 0 radical (unpaired) electrons. The van der Waals surface area contributed by atoms with E-state index in [2.05, 4.69) is 5.32 Å². The Hall–Kier alpha value is -2.55. The highest BCUT2D eigenvalue weighted by Crippen LogP contribution is 2.38. The van der Waals surface area contributed by atoms with Gasteiger partial charge >= 0.3 is 12.4 Å². The van der Waals surface area contributed by atoms with Gasteiger partial charge in [0.05, 0.1) is 11.1 Å². The average Bonchev–Trinajstić information content (AvgIpc) is 2.59. The van der Waals surface area contributed by atoms with E-state index in [9.17, 15) is 31.1 Å². The number of rotatable bonds is 5. The summed E-state index contributed by atoms with van der Waals surface area (Å²) in [5.41, 5.74) is 3.15. The third-order valence-electron chi connectivity index (χ3n) is 3.74. The summed E-state index contributed by atoms with van der Waals surface area (Å²) in [5.74, 6) is -0.255. The molecule has 0 saturated carbocycles. The molecule has 2 aromatic carbocycles. The van der Waals surface area contributed by atoms with Crippen molar-refractivity contribution in [2.24, 2.45) is 5.73 Å². The maximum Gasteiger partial charge on any atom is 0.416 e. The minimum atomic E-state index is -4.90. The third kappa shape index (κ3) is 5.72. The summed E-state index contributed by atoms with van der Waals surface area (Å²) in [5, 5.41) is 2.60. The number of benzene rings is 2. The fourth-order valence-corrected chi connectivity index (χ4v) is 2.36. The van der Waals surface area contributed by atoms with Gasteiger partial charge in [-0.25, -0.2) is 0 Å². The number of hydrogen-bond donors (Lipinski definition) is 2. The van der Waals surface area contributed by atoms with Crippen LogP contribution in [-0.2, 0) is 23.7 Å². The lowest BCUT2D eigenvalue weighted by molar-refractivity contribution is -0.143. The highest BCUT2D eigenvalue weighted by molar-refractivity contribution is 5.76. The molecule has 0 aromatic heterocycles. The molecule has 0 saturated heterocycles. The van der Waals surface area contributed by atoms with E-state index in [0.29, 0.717) is 17.7 Å². The van der Waals surface area contributed by atoms with Crippen LogP contribution >= 0.6 is 0 Å². The lowest BCUT2D eigenvalue weighted by atomic mass is 9.98. The van der Waals surface area contributed by atoms with E-state index < -0.39 is 23.5 Å². The van der Waals surface area contributed by atoms with Crippen LogP contribution in [0.15, 0.2) is 42.5 Å². The summed E-state index contributed by atoms with van der Waals surface area (Å²) < 4.78 is 77.6. The normalized spacial score (nSPS) is 12.1. The smallest absolute Gasteiger partial charge is 0.352 e. The molecule has 3 N–H and O–H groups in total. The number of hydrogen-bond acceptors (Lipinski definition) is 2. The Morgan fingerprint density at radius 3 is 1.81 bits per heavy atom. The lowest BCUT2D eigenvalue weighted by Gasteiger charge is -2.14. The molecule has 27 heavy (non-hydrogen) atoms. The Bertz CT molecular complexity index is 765. The Morgan fingerprint density at radius 2 is 1.37 bits per heavy atom. The molecule has 1 amide bonds. The fourth-order valence-electron chi connectivity index (χ4n) is 2.36. The first kappa shape index (κ1) is 20.8. The van der Waals surface area contributed by atoms with E-state index in [1.165, 1.54) is 24.3 Å². The zero-order valence-electron chi connectivity index (χ0n) is 13.9. The van der Waals surface area contributed by atoms with Crippen LogP contribution in [0.3, 0.4) is 0 Å². The first-order valence-electron chi connectivity index (χ1n) is 7.86. The van der Waals surface area contributed by atoms with Crippen LogP contribution in [0, 0.1) is 0 Å². The second kappa shape index (κ2) is 7.99. The van der Waals surface area contributed by atoms with Gasteiger partial charge in [-0.05, 0) is 34.9 Å². The van der Waals surface area contributed by atoms with Crippen molar-refractivity contribution in [3.63, 3.8) is 0 Å². The van der Waals surface area contributed by atoms with E-state index in [1.807, 2.05) is 0 Å². The largest absolute Gasteiger partial charge is 0.416 e. The summed E-state index contributed by atoms with van der Waals surface area (Å²) in [6.45, 7) is 0.372. The number of nitrogens with one attached hydrogen (secondary N) is 1. The Morgan fingerprint density at radius 1 is 0.852 bits per heavy atom. The predicted octanol–water partition coefficient (Wildman–Crippen LogP) is 4.36. The third-order valence-corrected chi connectivity index (χ3v) is 3.74. The molecule has 0 heterocycles. The van der Waals surface area contributed by atoms with E-state index in [0.717, 1.165) is 0 Å². The number of carbonyl (C=O) groups is 1. The SMILES string of the molecule is NCCC(=O)NCc1ccc(-c2cc(C(F)(F)F)cc(C(F)(F)F)c2)cc1. The summed E-state index contributed by atoms with van der Waals surface area (Å²) in [7, 11) is 0. The maximum atomic E-state index is 12.9. The Kier molecular flexibility index (Phi) is 6.15. The van der Waals surface area contributed by atoms with Crippen molar-refractivity contribution in [3.05, 3.63) is 59.2 Å². The molecule has 0 unspecified atom stereocenters. The highest BCUT2D eigenvalue weighted by Gasteiger charge is 2.36. The molecule has 9 heteroatoms. The van der Waals surface area contributed by atoms with Crippen LogP contribution in [0.5, 0.6) is 0 Å². The zero-order chi connectivity index (χ0) is 20.2. The average molecular weight is 390 g/mol. The molecule has 0 bridgehead atoms. The van der Waals surface area contributed by atoms with Crippen LogP contribution in [0.1, 0.15) is 23.1 Å². The number of halogens is 6. The summed E-state index contributed by atoms with van der Waals surface area (Å²) >= 11 is 0. The van der Waals surface area contributed by atoms with Crippen molar-refractivity contribution < 1.29 is 31.1 Å². The zero-order valence-corrected chi connectivity index (χ0v) is 13.9. The number of alkyl halides is 6. The summed E-state index contributed by atoms with van der Waals surface area (Å²) in [6, 6.07) is 7.28. The Labute approximate surface area is 151 Å². The topological polar surface area (TPSA) is 55.1 Å². The van der Waals surface area contributed by atoms with Gasteiger partial charge < -0.3 is 11.1 Å². The van der Waals surface area contributed by atoms with Crippen molar-refractivity contribution in [2.45, 2.75) is 25.3 Å². The van der Waals surface area contributed by atoms with Crippen LogP contribution in [0.4, 0.5) is 26.3 Å². The molecule has 0 fully saturated rings. The van der Waals surface area contributed by atoms with Crippen molar-refractivity contribution in [3.8, 4) is 11.1 Å². The van der Waals surface area contributed by atoms with Crippen molar-refractivity contribution >= 4 is 5.91 Å². The van der Waals surface area contributed by atoms with E-state index >= 15 is 0 Å². The molecule has 2 rings (SSSR count). The van der Waals surface area contributed by atoms with Gasteiger partial charge in [-0.2, -0.15) is 26.3 Å². The second-order valence-electron chi connectivity index (χ2n) is 5.81. The second-order valence-corrected chi connectivity index (χ2v) is 5.81. The minimum absolute atomic E-state index is 0.0881. The molecular weight excluding hydrogens is 374 g/mol. The molecule has 2 aromatic rings.